The average molecular weight is 278 g/mol. The molecule has 0 aliphatic heterocycles. The fourth-order valence-corrected chi connectivity index (χ4v) is 4.00. The molecule has 1 nitrogen and oxygen atoms in total. The van der Waals surface area contributed by atoms with Crippen LogP contribution in [0.4, 0.5) is 0 Å². The maximum atomic E-state index is 6.09. The molecule has 2 aliphatic carbocycles. The van der Waals surface area contributed by atoms with Crippen LogP contribution in [-0.4, -0.2) is 6.04 Å². The molecule has 0 saturated heterocycles. The lowest BCUT2D eigenvalue weighted by Crippen LogP contribution is -2.45. The number of aryl methyl sites for hydroxylation is 1. The molecule has 104 valence electrons. The number of hydrogen-bond donors (Lipinski definition) is 1. The van der Waals surface area contributed by atoms with Gasteiger partial charge in [-0.3, -0.25) is 0 Å². The summed E-state index contributed by atoms with van der Waals surface area (Å²) in [6, 6.07) is 7.59. The van der Waals surface area contributed by atoms with E-state index in [1.807, 2.05) is 6.07 Å². The third-order valence-corrected chi connectivity index (χ3v) is 5.33. The van der Waals surface area contributed by atoms with Gasteiger partial charge in [0.1, 0.15) is 0 Å². The van der Waals surface area contributed by atoms with Crippen LogP contribution in [0.1, 0.15) is 63.1 Å². The van der Waals surface area contributed by atoms with Crippen LogP contribution in [0.5, 0.6) is 0 Å². The summed E-state index contributed by atoms with van der Waals surface area (Å²) < 4.78 is 0. The molecule has 1 N–H and O–H groups in total. The summed E-state index contributed by atoms with van der Waals surface area (Å²) in [5.41, 5.74) is 3.36. The predicted octanol–water partition coefficient (Wildman–Crippen LogP) is 4.89. The van der Waals surface area contributed by atoms with Gasteiger partial charge in [-0.1, -0.05) is 44.4 Å². The molecule has 2 heteroatoms. The molecule has 2 atom stereocenters. The number of nitrogens with one attached hydrogen (secondary N) is 1. The Balaban J connectivity index is 1.75. The molecule has 0 aromatic heterocycles. The third kappa shape index (κ3) is 2.68. The Morgan fingerprint density at radius 1 is 1.21 bits per heavy atom. The molecule has 0 heterocycles. The van der Waals surface area contributed by atoms with Gasteiger partial charge in [-0.2, -0.15) is 0 Å². The number of rotatable bonds is 2. The lowest BCUT2D eigenvalue weighted by atomic mass is 9.73. The van der Waals surface area contributed by atoms with Crippen molar-refractivity contribution >= 4 is 11.6 Å². The van der Waals surface area contributed by atoms with Crippen LogP contribution >= 0.6 is 11.6 Å². The van der Waals surface area contributed by atoms with E-state index in [4.69, 9.17) is 11.6 Å². The van der Waals surface area contributed by atoms with Crippen LogP contribution in [-0.2, 0) is 6.42 Å². The van der Waals surface area contributed by atoms with Gasteiger partial charge in [-0.05, 0) is 54.4 Å². The number of fused-ring (bicyclic) bond motifs is 1. The van der Waals surface area contributed by atoms with E-state index in [-0.39, 0.29) is 0 Å². The van der Waals surface area contributed by atoms with Crippen molar-refractivity contribution < 1.29 is 0 Å². The largest absolute Gasteiger partial charge is 0.307 e. The van der Waals surface area contributed by atoms with E-state index in [1.54, 1.807) is 0 Å². The van der Waals surface area contributed by atoms with Crippen molar-refractivity contribution in [1.29, 1.82) is 0 Å². The van der Waals surface area contributed by atoms with Crippen molar-refractivity contribution in [2.24, 2.45) is 5.41 Å². The molecule has 0 amide bonds. The van der Waals surface area contributed by atoms with Gasteiger partial charge in [0, 0.05) is 17.1 Å². The molecule has 1 saturated carbocycles. The Labute approximate surface area is 121 Å². The summed E-state index contributed by atoms with van der Waals surface area (Å²) in [7, 11) is 0. The zero-order valence-corrected chi connectivity index (χ0v) is 12.8. The van der Waals surface area contributed by atoms with Gasteiger partial charge < -0.3 is 5.32 Å². The second kappa shape index (κ2) is 5.10. The minimum absolute atomic E-state index is 0.438. The number of hydrogen-bond acceptors (Lipinski definition) is 1. The van der Waals surface area contributed by atoms with Gasteiger partial charge in [-0.15, -0.1) is 0 Å². The second-order valence-electron chi connectivity index (χ2n) is 6.89. The molecular weight excluding hydrogens is 254 g/mol. The topological polar surface area (TPSA) is 12.0 Å². The average Bonchev–Trinajstić information content (AvgIpc) is 2.74. The first-order valence-electron chi connectivity index (χ1n) is 7.61. The second-order valence-corrected chi connectivity index (χ2v) is 7.32. The van der Waals surface area contributed by atoms with Gasteiger partial charge >= 0.3 is 0 Å². The Kier molecular flexibility index (Phi) is 3.61. The molecule has 1 aromatic carbocycles. The first kappa shape index (κ1) is 13.5. The van der Waals surface area contributed by atoms with E-state index in [9.17, 15) is 0 Å². The fraction of sp³-hybridized carbons (Fsp3) is 0.647. The Morgan fingerprint density at radius 3 is 2.84 bits per heavy atom. The lowest BCUT2D eigenvalue weighted by Gasteiger charge is -2.41. The van der Waals surface area contributed by atoms with Crippen molar-refractivity contribution in [3.8, 4) is 0 Å². The van der Waals surface area contributed by atoms with E-state index in [2.05, 4.69) is 31.3 Å². The highest BCUT2D eigenvalue weighted by atomic mass is 35.5. The van der Waals surface area contributed by atoms with E-state index in [0.717, 1.165) is 5.02 Å². The van der Waals surface area contributed by atoms with Gasteiger partial charge in [-0.25, -0.2) is 0 Å². The number of benzene rings is 1. The van der Waals surface area contributed by atoms with Crippen molar-refractivity contribution in [2.75, 3.05) is 0 Å². The Hall–Kier alpha value is -0.530. The third-order valence-electron chi connectivity index (χ3n) is 5.09. The molecule has 1 aromatic rings. The zero-order valence-electron chi connectivity index (χ0n) is 12.0. The first-order valence-corrected chi connectivity index (χ1v) is 7.98. The summed E-state index contributed by atoms with van der Waals surface area (Å²) in [5, 5.41) is 4.81. The first-order chi connectivity index (χ1) is 9.06. The summed E-state index contributed by atoms with van der Waals surface area (Å²) in [4.78, 5) is 0. The highest BCUT2D eigenvalue weighted by Gasteiger charge is 2.35. The lowest BCUT2D eigenvalue weighted by molar-refractivity contribution is 0.155. The zero-order chi connectivity index (χ0) is 13.5. The summed E-state index contributed by atoms with van der Waals surface area (Å²) in [6.45, 7) is 4.84. The Morgan fingerprint density at radius 2 is 2.05 bits per heavy atom. The van der Waals surface area contributed by atoms with E-state index < -0.39 is 0 Å². The van der Waals surface area contributed by atoms with Crippen molar-refractivity contribution in [3.63, 3.8) is 0 Å². The molecule has 0 bridgehead atoms. The Bertz CT molecular complexity index is 466. The SMILES string of the molecule is CC1(C)CCCCC1NC1CCc2cc(Cl)ccc21. The van der Waals surface area contributed by atoms with Crippen LogP contribution < -0.4 is 5.32 Å². The minimum Gasteiger partial charge on any atom is -0.307 e. The van der Waals surface area contributed by atoms with Crippen molar-refractivity contribution in [1.82, 2.24) is 5.32 Å². The van der Waals surface area contributed by atoms with E-state index in [1.165, 1.54) is 49.7 Å². The highest BCUT2D eigenvalue weighted by Crippen LogP contribution is 2.39. The van der Waals surface area contributed by atoms with E-state index >= 15 is 0 Å². The molecule has 19 heavy (non-hydrogen) atoms. The maximum absolute atomic E-state index is 6.09. The molecule has 0 radical (unpaired) electrons. The molecule has 2 unspecified atom stereocenters. The van der Waals surface area contributed by atoms with Crippen LogP contribution in [0, 0.1) is 5.41 Å². The van der Waals surface area contributed by atoms with Gasteiger partial charge in [0.2, 0.25) is 0 Å². The number of halogens is 1. The molecule has 1 fully saturated rings. The molecular formula is C17H24ClN. The quantitative estimate of drug-likeness (QED) is 0.812. The van der Waals surface area contributed by atoms with E-state index in [0.29, 0.717) is 17.5 Å². The van der Waals surface area contributed by atoms with Gasteiger partial charge in [0.05, 0.1) is 0 Å². The predicted molar refractivity (Wildman–Crippen MR) is 81.7 cm³/mol. The maximum Gasteiger partial charge on any atom is 0.0408 e. The van der Waals surface area contributed by atoms with Crippen LogP contribution in [0.2, 0.25) is 5.02 Å². The van der Waals surface area contributed by atoms with Crippen molar-refractivity contribution in [2.45, 2.75) is 64.5 Å². The smallest absolute Gasteiger partial charge is 0.0408 e. The fourth-order valence-electron chi connectivity index (χ4n) is 3.81. The highest BCUT2D eigenvalue weighted by molar-refractivity contribution is 6.30. The van der Waals surface area contributed by atoms with Gasteiger partial charge in [0.25, 0.3) is 0 Å². The monoisotopic (exact) mass is 277 g/mol. The summed E-state index contributed by atoms with van der Waals surface area (Å²) in [6.07, 6.45) is 7.84. The van der Waals surface area contributed by atoms with Crippen LogP contribution in [0.25, 0.3) is 0 Å². The van der Waals surface area contributed by atoms with Crippen LogP contribution in [0.3, 0.4) is 0 Å². The summed E-state index contributed by atoms with van der Waals surface area (Å²) >= 11 is 6.09. The standard InChI is InChI=1S/C17H24ClN/c1-17(2)10-4-3-5-16(17)19-15-9-6-12-11-13(18)7-8-14(12)15/h7-8,11,15-16,19H,3-6,9-10H2,1-2H3. The van der Waals surface area contributed by atoms with Gasteiger partial charge in [0.15, 0.2) is 0 Å². The molecule has 2 aliphatic rings. The minimum atomic E-state index is 0.438. The van der Waals surface area contributed by atoms with Crippen LogP contribution in [0.15, 0.2) is 18.2 Å². The summed E-state index contributed by atoms with van der Waals surface area (Å²) in [5.74, 6) is 0. The normalized spacial score (nSPS) is 29.2. The molecule has 3 rings (SSSR count). The molecule has 0 spiro atoms. The van der Waals surface area contributed by atoms with Crippen molar-refractivity contribution in [3.05, 3.63) is 34.3 Å².